The summed E-state index contributed by atoms with van der Waals surface area (Å²) in [7, 11) is 0. The van der Waals surface area contributed by atoms with Gasteiger partial charge < -0.3 is 121 Å². The number of nitrogens with two attached hydrogens (primary N) is 2. The van der Waals surface area contributed by atoms with Gasteiger partial charge in [-0.1, -0.05) is 88.8 Å². The number of para-hydroxylation sites is 2. The van der Waals surface area contributed by atoms with E-state index in [0.29, 0.717) is 35.4 Å². The molecule has 2 heterocycles. The van der Waals surface area contributed by atoms with Crippen molar-refractivity contribution >= 4 is 129 Å². The number of amides is 14. The van der Waals surface area contributed by atoms with Crippen molar-refractivity contribution in [2.45, 2.75) is 216 Å². The molecule has 1 fully saturated rings. The van der Waals surface area contributed by atoms with Crippen molar-refractivity contribution in [1.82, 2.24) is 79.4 Å². The van der Waals surface area contributed by atoms with E-state index in [-0.39, 0.29) is 49.2 Å². The van der Waals surface area contributed by atoms with Crippen LogP contribution in [0.5, 0.6) is 0 Å². The molecule has 0 spiro atoms. The summed E-state index contributed by atoms with van der Waals surface area (Å²) in [4.78, 5) is 266. The number of aliphatic hydroxyl groups is 2. The minimum atomic E-state index is -2.38. The first kappa shape index (κ1) is 100. The van der Waals surface area contributed by atoms with E-state index in [4.69, 9.17) is 16.2 Å². The Labute approximate surface area is 703 Å². The molecule has 1 aliphatic rings. The number of nitrogen functional groups attached to an aromatic ring is 1. The van der Waals surface area contributed by atoms with E-state index in [1.54, 1.807) is 30.5 Å². The number of Topliss-reactive ketones (excluding diaryl/α,β-unsaturated/α-hetero) is 1. The number of cyclic esters (lactones) is 1. The third-order valence-electron chi connectivity index (χ3n) is 19.4. The Balaban J connectivity index is 1.62. The molecular formula is C79H107F2N17O25. The number of carbonyl (C=O) groups excluding carboxylic acids is 16. The fourth-order valence-corrected chi connectivity index (χ4v) is 12.7. The molecule has 44 heteroatoms. The van der Waals surface area contributed by atoms with E-state index < -0.39 is 274 Å². The van der Waals surface area contributed by atoms with Gasteiger partial charge in [0.1, 0.15) is 84.2 Å². The maximum Gasteiger partial charge on any atom is 0.329 e. The van der Waals surface area contributed by atoms with Crippen molar-refractivity contribution in [2.24, 2.45) is 11.7 Å². The zero-order valence-corrected chi connectivity index (χ0v) is 68.0. The van der Waals surface area contributed by atoms with Gasteiger partial charge in [-0.3, -0.25) is 86.3 Å². The van der Waals surface area contributed by atoms with Crippen LogP contribution in [0.3, 0.4) is 0 Å². The average molecular weight is 1730 g/mol. The molecule has 0 radical (unpaired) electrons. The molecular weight excluding hydrogens is 1620 g/mol. The molecule has 0 bridgehead atoms. The molecule has 1 aliphatic heterocycles. The number of halogens is 2. The van der Waals surface area contributed by atoms with E-state index >= 15 is 0 Å². The largest absolute Gasteiger partial charge is 0.481 e. The Morgan fingerprint density at radius 3 is 1.80 bits per heavy atom. The van der Waals surface area contributed by atoms with Gasteiger partial charge >= 0.3 is 23.9 Å². The summed E-state index contributed by atoms with van der Waals surface area (Å²) in [5, 5.41) is 82.7. The first-order valence-electron chi connectivity index (χ1n) is 39.6. The van der Waals surface area contributed by atoms with Crippen LogP contribution in [0.2, 0.25) is 0 Å². The molecule has 0 saturated carbocycles. The van der Waals surface area contributed by atoms with Crippen molar-refractivity contribution in [3.63, 3.8) is 0 Å². The number of hydrogen-bond donors (Lipinski definition) is 22. The fraction of sp³-hybridized carbons (Fsp3) is 0.506. The number of carbonyl (C=O) groups is 19. The molecule has 24 N–H and O–H groups in total. The summed E-state index contributed by atoms with van der Waals surface area (Å²) >= 11 is 0. The lowest BCUT2D eigenvalue weighted by Crippen LogP contribution is -2.61. The lowest BCUT2D eigenvalue weighted by Gasteiger charge is -2.30. The van der Waals surface area contributed by atoms with Gasteiger partial charge in [-0.15, -0.1) is 0 Å². The number of esters is 1. The smallest absolute Gasteiger partial charge is 0.329 e. The second-order valence-corrected chi connectivity index (χ2v) is 29.3. The molecule has 14 amide bonds. The topological polar surface area (TPSA) is 671 Å². The average Bonchev–Trinajstić information content (AvgIpc) is 1.68. The van der Waals surface area contributed by atoms with Crippen LogP contribution < -0.4 is 85.9 Å². The number of aliphatic carboxylic acids is 3. The molecule has 1 saturated heterocycles. The van der Waals surface area contributed by atoms with Gasteiger partial charge in [-0.2, -0.15) is 0 Å². The Bertz CT molecular complexity index is 4460. The number of H-pyrrole nitrogens is 1. The number of carboxylic acid groups (broad SMARTS) is 3. The van der Waals surface area contributed by atoms with Crippen molar-refractivity contribution in [2.75, 3.05) is 38.6 Å². The van der Waals surface area contributed by atoms with Crippen molar-refractivity contribution in [1.29, 1.82) is 0 Å². The van der Waals surface area contributed by atoms with Crippen LogP contribution >= 0.6 is 0 Å². The molecule has 3 aromatic carbocycles. The number of carboxylic acids is 3. The number of aromatic nitrogens is 1. The number of benzene rings is 3. The Morgan fingerprint density at radius 2 is 1.16 bits per heavy atom. The highest BCUT2D eigenvalue weighted by Gasteiger charge is 2.41. The molecule has 5 rings (SSSR count). The minimum absolute atomic E-state index is 0.00154. The number of hydrogen-bond acceptors (Lipinski definition) is 24. The van der Waals surface area contributed by atoms with Crippen LogP contribution in [0.4, 0.5) is 14.5 Å². The molecule has 672 valence electrons. The van der Waals surface area contributed by atoms with Crippen LogP contribution in [0.1, 0.15) is 152 Å². The quantitative estimate of drug-likeness (QED) is 0.00892. The fourth-order valence-electron chi connectivity index (χ4n) is 12.7. The number of anilines is 1. The van der Waals surface area contributed by atoms with E-state index in [9.17, 15) is 125 Å². The van der Waals surface area contributed by atoms with E-state index in [1.807, 2.05) is 16.0 Å². The standard InChI is InChI=1S/C79H107F2N17O25/c1-5-6-7-8-9-10-11-22-61(103)90-53(29-44-36-85-50-20-15-13-17-46(44)50)74(117)94-54(32-60(83)102)75(118)92-52(25-27-99)72(115)98-68-42(4)123-79(122)57(31-59(101)47-18-12-14-19-49(47)82)96-78(121)67(40(2)28-64(106)107)97-76(119)58(39-100)91-63(105)37-86-70(113)55(33-65(108)109)93-69(112)41(3)88-73(116)56(34-66(110)111)95-71(114)51(89-62(104)38-87-77(68)120)21-16-26-84-35-43-23-24-45(80)30-48(43)81/h12-15,17-20,23-24,30,36,40-42,51-58,67-68,84-85,99-100H,5-11,16,21-22,25-29,31-35,37-39,82H2,1-4H3,(H2,83,102)(H,86,113)(H,87,120)(H,88,116)(H,89,104)(H,90,103)(H,91,105)(H,92,118)(H,93,112)(H,94,117)(H,95,114)(H,96,121)(H,97,119)(H,98,115)(H,106,107)(H,108,109)(H,110,111)/t40-,41-,42-,51+,52+,53+,54+,55+,56+,57+,58-,67+,68+/m1/s1. The zero-order valence-electron chi connectivity index (χ0n) is 68.0. The van der Waals surface area contributed by atoms with Gasteiger partial charge in [-0.25, -0.2) is 13.6 Å². The lowest BCUT2D eigenvalue weighted by molar-refractivity contribution is -0.156. The second kappa shape index (κ2) is 50.8. The second-order valence-electron chi connectivity index (χ2n) is 29.3. The van der Waals surface area contributed by atoms with Crippen LogP contribution in [0.25, 0.3) is 10.9 Å². The van der Waals surface area contributed by atoms with Gasteiger partial charge in [-0.05, 0) is 81.8 Å². The maximum absolute atomic E-state index is 15.0. The Hall–Kier alpha value is -13.1. The molecule has 4 aromatic rings. The highest BCUT2D eigenvalue weighted by molar-refractivity contribution is 6.05. The first-order chi connectivity index (χ1) is 58.3. The molecule has 123 heavy (non-hydrogen) atoms. The third-order valence-corrected chi connectivity index (χ3v) is 19.4. The number of primary amides is 1. The number of rotatable bonds is 38. The van der Waals surface area contributed by atoms with E-state index in [0.717, 1.165) is 65.0 Å². The van der Waals surface area contributed by atoms with Crippen molar-refractivity contribution in [3.8, 4) is 0 Å². The summed E-state index contributed by atoms with van der Waals surface area (Å²) in [6, 6.07) is -7.42. The number of fused-ring (bicyclic) bond motifs is 1. The summed E-state index contributed by atoms with van der Waals surface area (Å²) in [6.07, 6.45) is -1.69. The third kappa shape index (κ3) is 34.1. The predicted molar refractivity (Wildman–Crippen MR) is 429 cm³/mol. The maximum atomic E-state index is 15.0. The van der Waals surface area contributed by atoms with E-state index in [1.165, 1.54) is 24.3 Å². The number of ether oxygens (including phenoxy) is 1. The minimum Gasteiger partial charge on any atom is -0.481 e. The van der Waals surface area contributed by atoms with Gasteiger partial charge in [0.25, 0.3) is 0 Å². The van der Waals surface area contributed by atoms with Crippen LogP contribution in [0, 0.1) is 17.6 Å². The highest BCUT2D eigenvalue weighted by Crippen LogP contribution is 2.22. The Kier molecular flexibility index (Phi) is 41.5. The monoisotopic (exact) mass is 1730 g/mol. The normalized spacial score (nSPS) is 20.6. The number of aromatic amines is 1. The molecule has 13 atom stereocenters. The summed E-state index contributed by atoms with van der Waals surface area (Å²) in [6.45, 7) is -0.0258. The summed E-state index contributed by atoms with van der Waals surface area (Å²) in [5.41, 5.74) is 12.5. The highest BCUT2D eigenvalue weighted by atomic mass is 19.1. The number of nitrogens with one attached hydrogen (secondary N) is 15. The first-order valence-corrected chi connectivity index (χ1v) is 39.6. The van der Waals surface area contributed by atoms with Gasteiger partial charge in [0.2, 0.25) is 82.7 Å². The zero-order chi connectivity index (χ0) is 91.2. The van der Waals surface area contributed by atoms with Gasteiger partial charge in [0, 0.05) is 72.4 Å². The number of unbranched alkanes of at least 4 members (excludes halogenated alkanes) is 6. The number of ketones is 1. The summed E-state index contributed by atoms with van der Waals surface area (Å²) < 4.78 is 34.2. The molecule has 1 aromatic heterocycles. The van der Waals surface area contributed by atoms with Crippen LogP contribution in [0.15, 0.2) is 72.9 Å². The van der Waals surface area contributed by atoms with Gasteiger partial charge in [0.05, 0.1) is 45.4 Å². The number of aliphatic hydroxyl groups excluding tert-OH is 2. The van der Waals surface area contributed by atoms with Crippen LogP contribution in [-0.4, -0.2) is 248 Å². The Morgan fingerprint density at radius 1 is 0.577 bits per heavy atom. The summed E-state index contributed by atoms with van der Waals surface area (Å²) in [5.74, 6) is -29.4. The molecule has 0 unspecified atom stereocenters. The van der Waals surface area contributed by atoms with Crippen molar-refractivity contribution < 1.29 is 130 Å². The predicted octanol–water partition coefficient (Wildman–Crippen LogP) is -3.60. The lowest BCUT2D eigenvalue weighted by atomic mass is 9.96. The SMILES string of the molecule is CCCCCCCCCC(=O)N[C@@H](Cc1c[nH]c2ccccc12)C(=O)N[C@@H](CC(N)=O)C(=O)N[C@@H](CCO)C(=O)N[C@@H]1C(=O)NCC(=O)N[C@@H](CCCNCc2ccc(F)cc2F)C(=O)N[C@@H](CC(=O)O)C(=O)N[C@H](C)C(=O)N[C@@H](CC(=O)O)C(=O)NCC(=O)N[C@H](CO)C(=O)N[C@@H]([C@H](C)CC(=O)O)C(=O)N[C@@H](CC(=O)c2ccccc2N)C(=O)O[C@@H]1C. The molecule has 0 aliphatic carbocycles. The van der Waals surface area contributed by atoms with Crippen molar-refractivity contribution in [3.05, 3.63) is 101 Å². The molecule has 42 nitrogen and oxygen atoms in total. The van der Waals surface area contributed by atoms with E-state index in [2.05, 4.69) is 70.4 Å². The van der Waals surface area contributed by atoms with Gasteiger partial charge in [0.15, 0.2) is 5.78 Å². The van der Waals surface area contributed by atoms with Crippen LogP contribution in [-0.2, 0) is 104 Å².